The van der Waals surface area contributed by atoms with E-state index in [1.54, 1.807) is 0 Å². The molecule has 0 unspecified atom stereocenters. The molecule has 154 valence electrons. The van der Waals surface area contributed by atoms with Gasteiger partial charge in [0.2, 0.25) is 0 Å². The van der Waals surface area contributed by atoms with Crippen LogP contribution in [0, 0.1) is 18.2 Å². The first-order valence-corrected chi connectivity index (χ1v) is 13.2. The minimum Gasteiger partial charge on any atom is -0.886 e. The fraction of sp³-hybridized carbons (Fsp3) is 0.111. The van der Waals surface area contributed by atoms with Crippen LogP contribution in [0.1, 0.15) is 29.5 Å². The normalized spacial score (nSPS) is 13.5. The van der Waals surface area contributed by atoms with Gasteiger partial charge >= 0.3 is 30.6 Å². The molecule has 0 aliphatic heterocycles. The summed E-state index contributed by atoms with van der Waals surface area (Å²) >= 11 is 5.35. The number of hydrogen-bond donors (Lipinski definition) is 0. The number of allylic oxidation sites excluding steroid dienone is 1. The summed E-state index contributed by atoms with van der Waals surface area (Å²) in [5, 5.41) is 12.8. The van der Waals surface area contributed by atoms with Gasteiger partial charge in [0.1, 0.15) is 0 Å². The van der Waals surface area contributed by atoms with Crippen LogP contribution >= 0.6 is 13.4 Å². The summed E-state index contributed by atoms with van der Waals surface area (Å²) in [5.74, 6) is -0.0521. The van der Waals surface area contributed by atoms with Crippen LogP contribution in [0.2, 0.25) is 0 Å². The molecule has 1 nitrogen and oxygen atoms in total. The van der Waals surface area contributed by atoms with Crippen LogP contribution in [0.5, 0.6) is 5.75 Å². The Hall–Kier alpha value is -2.18. The average molecular weight is 547 g/mol. The predicted octanol–water partition coefficient (Wildman–Crippen LogP) is 6.61. The third-order valence-corrected chi connectivity index (χ3v) is 4.82. The Bertz CT molecular complexity index is 1110. The zero-order valence-corrected chi connectivity index (χ0v) is 19.4. The Kier molecular flexibility index (Phi) is 8.90. The van der Waals surface area contributed by atoms with E-state index in [0.29, 0.717) is 0 Å². The van der Waals surface area contributed by atoms with E-state index in [1.807, 2.05) is 42.5 Å². The number of halogens is 1. The van der Waals surface area contributed by atoms with Crippen LogP contribution < -0.4 is 5.11 Å². The van der Waals surface area contributed by atoms with Crippen LogP contribution in [0.15, 0.2) is 84.9 Å². The molecule has 3 heteroatoms. The van der Waals surface area contributed by atoms with E-state index < -0.39 is 0 Å². The standard InChI is InChI=1S/C17H14.C10H7O.BrH.Pd/c1-2-7-14(8-3-1)13-16-11-6-10-15-9-4-5-12-17(15)16;11-10-6-5-8-3-1-2-4-9(8)7-10;;/h1-5,7-9H,6,10-11H2;1-6,11H;1H;/q-2;-1;;+2/p-2. The summed E-state index contributed by atoms with van der Waals surface area (Å²) in [6, 6.07) is 33.8. The molecule has 1 aliphatic carbocycles. The van der Waals surface area contributed by atoms with Crippen LogP contribution in [-0.2, 0) is 23.6 Å². The fourth-order valence-corrected chi connectivity index (χ4v) is 3.46. The number of hydrogen-bond acceptors (Lipinski definition) is 1. The molecule has 0 amide bonds. The van der Waals surface area contributed by atoms with Crippen LogP contribution in [0.25, 0.3) is 16.3 Å². The number of benzene rings is 4. The largest absolute Gasteiger partial charge is 0.886 e. The van der Waals surface area contributed by atoms with Gasteiger partial charge in [-0.2, -0.15) is 47.5 Å². The van der Waals surface area contributed by atoms with Crippen molar-refractivity contribution in [3.8, 4) is 5.75 Å². The van der Waals surface area contributed by atoms with Crippen LogP contribution in [0.4, 0.5) is 0 Å². The maximum absolute atomic E-state index is 10.8. The van der Waals surface area contributed by atoms with E-state index in [4.69, 9.17) is 0 Å². The second-order valence-corrected chi connectivity index (χ2v) is 6.80. The molecule has 0 bridgehead atoms. The summed E-state index contributed by atoms with van der Waals surface area (Å²) in [4.78, 5) is 0. The van der Waals surface area contributed by atoms with Crippen molar-refractivity contribution in [1.82, 2.24) is 0 Å². The van der Waals surface area contributed by atoms with Crippen LogP contribution in [-0.4, -0.2) is 0 Å². The predicted molar refractivity (Wildman–Crippen MR) is 122 cm³/mol. The summed E-state index contributed by atoms with van der Waals surface area (Å²) in [5.41, 5.74) is 5.14. The van der Waals surface area contributed by atoms with Crippen molar-refractivity contribution in [2.45, 2.75) is 19.3 Å². The summed E-state index contributed by atoms with van der Waals surface area (Å²) in [7, 11) is 0. The molecule has 0 fully saturated rings. The Balaban J connectivity index is 0.000000170. The zero-order chi connectivity index (χ0) is 21.2. The van der Waals surface area contributed by atoms with E-state index in [-0.39, 0.29) is 5.75 Å². The van der Waals surface area contributed by atoms with Crippen molar-refractivity contribution >= 4 is 29.8 Å². The molecule has 0 aromatic heterocycles. The molecule has 5 rings (SSSR count). The maximum atomic E-state index is 10.8. The van der Waals surface area contributed by atoms with Gasteiger partial charge in [0, 0.05) is 0 Å². The van der Waals surface area contributed by atoms with Gasteiger partial charge in [-0.25, -0.2) is 16.9 Å². The first-order valence-electron chi connectivity index (χ1n) is 9.67. The third kappa shape index (κ3) is 6.16. The molecular formula is C27H20BrOPd-3. The van der Waals surface area contributed by atoms with Crippen LogP contribution in [0.3, 0.4) is 0 Å². The van der Waals surface area contributed by atoms with Gasteiger partial charge in [0.05, 0.1) is 0 Å². The summed E-state index contributed by atoms with van der Waals surface area (Å²) < 4.78 is 0. The first kappa shape index (κ1) is 22.5. The Labute approximate surface area is 196 Å². The molecule has 0 saturated carbocycles. The van der Waals surface area contributed by atoms with E-state index in [1.165, 1.54) is 35.6 Å². The first-order chi connectivity index (χ1) is 14.8. The van der Waals surface area contributed by atoms with Crippen molar-refractivity contribution in [1.29, 1.82) is 0 Å². The zero-order valence-electron chi connectivity index (χ0n) is 16.3. The van der Waals surface area contributed by atoms with Crippen molar-refractivity contribution in [2.24, 2.45) is 0 Å². The van der Waals surface area contributed by atoms with Gasteiger partial charge in [0.25, 0.3) is 0 Å². The van der Waals surface area contributed by atoms with E-state index in [0.717, 1.165) is 22.8 Å². The Morgan fingerprint density at radius 1 is 0.833 bits per heavy atom. The molecule has 4 aromatic rings. The molecule has 4 aromatic carbocycles. The quantitative estimate of drug-likeness (QED) is 0.195. The van der Waals surface area contributed by atoms with Crippen molar-refractivity contribution in [2.75, 3.05) is 0 Å². The molecule has 0 radical (unpaired) electrons. The molecule has 0 N–H and O–H groups in total. The van der Waals surface area contributed by atoms with Gasteiger partial charge in [0.15, 0.2) is 0 Å². The second-order valence-electron chi connectivity index (χ2n) is 6.80. The monoisotopic (exact) mass is 545 g/mol. The Morgan fingerprint density at radius 3 is 2.43 bits per heavy atom. The summed E-state index contributed by atoms with van der Waals surface area (Å²) in [6.07, 6.45) is 7.03. The number of fused-ring (bicyclic) bond motifs is 2. The minimum atomic E-state index is -0.0521. The fourth-order valence-electron chi connectivity index (χ4n) is 3.46. The average Bonchev–Trinajstić information content (AvgIpc) is 2.82. The molecule has 0 heterocycles. The minimum absolute atomic E-state index is 0.0521. The van der Waals surface area contributed by atoms with Gasteiger partial charge in [-0.3, -0.25) is 0 Å². The van der Waals surface area contributed by atoms with Crippen molar-refractivity contribution in [3.05, 3.63) is 120 Å². The van der Waals surface area contributed by atoms with E-state index >= 15 is 0 Å². The Morgan fingerprint density at radius 2 is 1.60 bits per heavy atom. The van der Waals surface area contributed by atoms with Crippen molar-refractivity contribution < 1.29 is 22.3 Å². The van der Waals surface area contributed by atoms with E-state index in [2.05, 4.69) is 85.2 Å². The SMILES string of the molecule is [Br][Pd+].[C-](=C1CCCc2ccc[c-]c21)c1ccccc1.[O-]c1[c-]c2ccccc2cc1. The molecule has 0 atom stereocenters. The van der Waals surface area contributed by atoms with E-state index in [9.17, 15) is 5.11 Å². The summed E-state index contributed by atoms with van der Waals surface area (Å²) in [6.45, 7) is 0. The van der Waals surface area contributed by atoms with Gasteiger partial charge in [-0.15, -0.1) is 59.3 Å². The topological polar surface area (TPSA) is 23.1 Å². The smallest absolute Gasteiger partial charge is 0.0635 e. The van der Waals surface area contributed by atoms with Gasteiger partial charge < -0.3 is 5.11 Å². The van der Waals surface area contributed by atoms with Gasteiger partial charge in [-0.1, -0.05) is 37.5 Å². The molecular weight excluding hydrogens is 527 g/mol. The molecule has 0 saturated heterocycles. The molecule has 0 spiro atoms. The number of aryl methyl sites for hydroxylation is 1. The maximum Gasteiger partial charge on any atom is -0.0635 e. The second kappa shape index (κ2) is 11.9. The third-order valence-electron chi connectivity index (χ3n) is 4.82. The molecule has 1 aliphatic rings. The van der Waals surface area contributed by atoms with Crippen molar-refractivity contribution in [3.63, 3.8) is 0 Å². The van der Waals surface area contributed by atoms with Gasteiger partial charge in [-0.05, 0) is 0 Å². The number of rotatable bonds is 1. The molecule has 30 heavy (non-hydrogen) atoms.